The van der Waals surface area contributed by atoms with Gasteiger partial charge in [0.15, 0.2) is 11.6 Å². The molecule has 10 nitrogen and oxygen atoms in total. The molecule has 0 bridgehead atoms. The molecule has 4 rings (SSSR count). The number of rotatable bonds is 5. The normalized spacial score (nSPS) is 16.8. The molecule has 2 aliphatic rings. The molecule has 0 aromatic carbocycles. The number of nitrogens with zero attached hydrogens (tertiary/aromatic N) is 5. The Balaban J connectivity index is 1.59. The molecule has 4 heterocycles. The Hall–Kier alpha value is -3.69. The highest BCUT2D eigenvalue weighted by Gasteiger charge is 2.26. The van der Waals surface area contributed by atoms with Crippen molar-refractivity contribution in [2.24, 2.45) is 10.9 Å². The van der Waals surface area contributed by atoms with Crippen LogP contribution >= 0.6 is 0 Å². The molecule has 2 aromatic heterocycles. The Morgan fingerprint density at radius 3 is 2.66 bits per heavy atom. The number of carbonyl (C=O) groups excluding carboxylic acids is 3. The Morgan fingerprint density at radius 1 is 1.17 bits per heavy atom. The van der Waals surface area contributed by atoms with Crippen molar-refractivity contribution in [3.8, 4) is 5.75 Å². The van der Waals surface area contributed by atoms with Crippen LogP contribution in [0.4, 0.5) is 11.5 Å². The van der Waals surface area contributed by atoms with Crippen molar-refractivity contribution in [1.29, 1.82) is 0 Å². The smallest absolute Gasteiger partial charge is 0.255 e. The molecule has 0 spiro atoms. The summed E-state index contributed by atoms with van der Waals surface area (Å²) >= 11 is 0. The Kier molecular flexibility index (Phi) is 7.48. The van der Waals surface area contributed by atoms with E-state index in [0.717, 1.165) is 38.0 Å². The number of likely N-dealkylation sites (tertiary alicyclic amines) is 1. The van der Waals surface area contributed by atoms with E-state index in [1.807, 2.05) is 21.9 Å². The molecule has 1 fully saturated rings. The van der Waals surface area contributed by atoms with Crippen LogP contribution in [0.2, 0.25) is 0 Å². The number of aromatic nitrogens is 2. The zero-order valence-electron chi connectivity index (χ0n) is 20.5. The quantitative estimate of drug-likeness (QED) is 0.701. The molecule has 1 N–H and O–H groups in total. The van der Waals surface area contributed by atoms with Gasteiger partial charge in [-0.1, -0.05) is 6.92 Å². The summed E-state index contributed by atoms with van der Waals surface area (Å²) in [5.41, 5.74) is 1.81. The molecule has 2 aromatic rings. The molecule has 35 heavy (non-hydrogen) atoms. The third-order valence-corrected chi connectivity index (χ3v) is 6.44. The van der Waals surface area contributed by atoms with Crippen LogP contribution in [-0.4, -0.2) is 72.5 Å². The fourth-order valence-electron chi connectivity index (χ4n) is 4.46. The minimum atomic E-state index is -0.493. The van der Waals surface area contributed by atoms with Gasteiger partial charge in [-0.15, -0.1) is 0 Å². The summed E-state index contributed by atoms with van der Waals surface area (Å²) in [5.74, 6) is 0.270. The summed E-state index contributed by atoms with van der Waals surface area (Å²) < 4.78 is 7.32. The fourth-order valence-corrected chi connectivity index (χ4v) is 4.46. The maximum absolute atomic E-state index is 12.9. The first kappa shape index (κ1) is 24.4. The van der Waals surface area contributed by atoms with Gasteiger partial charge in [-0.25, -0.2) is 4.98 Å². The third kappa shape index (κ3) is 5.21. The van der Waals surface area contributed by atoms with Crippen molar-refractivity contribution in [1.82, 2.24) is 19.8 Å². The topological polar surface area (TPSA) is 109 Å². The van der Waals surface area contributed by atoms with Gasteiger partial charge in [-0.2, -0.15) is 0 Å². The lowest BCUT2D eigenvalue weighted by atomic mass is 10.1. The summed E-state index contributed by atoms with van der Waals surface area (Å²) in [6, 6.07) is 5.40. The molecule has 0 radical (unpaired) electrons. The number of fused-ring (bicyclic) bond motifs is 1. The van der Waals surface area contributed by atoms with Crippen LogP contribution in [0.3, 0.4) is 0 Å². The minimum Gasteiger partial charge on any atom is -0.488 e. The molecule has 1 unspecified atom stereocenters. The van der Waals surface area contributed by atoms with Crippen LogP contribution in [0.25, 0.3) is 0 Å². The second-order valence-electron chi connectivity index (χ2n) is 8.85. The van der Waals surface area contributed by atoms with E-state index < -0.39 is 5.92 Å². The molecule has 1 saturated heterocycles. The van der Waals surface area contributed by atoms with Crippen LogP contribution in [0.1, 0.15) is 47.8 Å². The zero-order chi connectivity index (χ0) is 24.9. The lowest BCUT2D eigenvalue weighted by Gasteiger charge is -2.31. The molecular weight excluding hydrogens is 448 g/mol. The molecule has 2 amide bonds. The van der Waals surface area contributed by atoms with Gasteiger partial charge >= 0.3 is 0 Å². The highest BCUT2D eigenvalue weighted by Crippen LogP contribution is 2.35. The van der Waals surface area contributed by atoms with Gasteiger partial charge in [0.25, 0.3) is 5.91 Å². The van der Waals surface area contributed by atoms with E-state index in [2.05, 4.69) is 15.3 Å². The number of nitrogens with one attached hydrogen (secondary N) is 1. The van der Waals surface area contributed by atoms with Crippen LogP contribution in [-0.2, 0) is 4.79 Å². The maximum atomic E-state index is 12.9. The van der Waals surface area contributed by atoms with Crippen LogP contribution in [0.15, 0.2) is 35.6 Å². The number of hydrogen-bond donors (Lipinski definition) is 1. The van der Waals surface area contributed by atoms with Gasteiger partial charge in [0.05, 0.1) is 12.1 Å². The van der Waals surface area contributed by atoms with E-state index in [1.54, 1.807) is 39.5 Å². The average molecular weight is 481 g/mol. The number of hydrogen-bond acceptors (Lipinski definition) is 7. The second-order valence-corrected chi connectivity index (χ2v) is 8.85. The van der Waals surface area contributed by atoms with Gasteiger partial charge < -0.3 is 19.9 Å². The van der Waals surface area contributed by atoms with E-state index in [1.165, 1.54) is 4.57 Å². The van der Waals surface area contributed by atoms with Gasteiger partial charge in [0, 0.05) is 63.7 Å². The molecule has 186 valence electrons. The average Bonchev–Trinajstić information content (AvgIpc) is 2.91. The minimum absolute atomic E-state index is 0.0158. The van der Waals surface area contributed by atoms with Crippen molar-refractivity contribution in [3.63, 3.8) is 0 Å². The van der Waals surface area contributed by atoms with Crippen molar-refractivity contribution >= 4 is 29.2 Å². The van der Waals surface area contributed by atoms with Crippen molar-refractivity contribution in [2.45, 2.75) is 32.6 Å². The summed E-state index contributed by atoms with van der Waals surface area (Å²) in [5, 5.41) is 2.55. The molecule has 1 atom stereocenters. The van der Waals surface area contributed by atoms with Crippen LogP contribution < -0.4 is 20.4 Å². The number of amides is 2. The number of ether oxygens (including phenoxy) is 1. The number of pyridine rings is 2. The summed E-state index contributed by atoms with van der Waals surface area (Å²) in [7, 11) is 3.17. The number of carbonyl (C=O) groups is 3. The SMILES string of the molecule is CN=c1cc(N2CCOc3cc(C(=O)N4CCCCC4)cnc32)ccn1C(=O)C(C)CC(=O)NC. The van der Waals surface area contributed by atoms with E-state index in [0.29, 0.717) is 35.8 Å². The largest absolute Gasteiger partial charge is 0.488 e. The second kappa shape index (κ2) is 10.7. The monoisotopic (exact) mass is 480 g/mol. The highest BCUT2D eigenvalue weighted by atomic mass is 16.5. The summed E-state index contributed by atoms with van der Waals surface area (Å²) in [4.78, 5) is 50.3. The lowest BCUT2D eigenvalue weighted by Crippen LogP contribution is -2.36. The molecular formula is C25H32N6O4. The molecule has 2 aliphatic heterocycles. The van der Waals surface area contributed by atoms with E-state index >= 15 is 0 Å². The first-order chi connectivity index (χ1) is 16.9. The highest BCUT2D eigenvalue weighted by molar-refractivity contribution is 5.95. The number of anilines is 2. The fraction of sp³-hybridized carbons (Fsp3) is 0.480. The van der Waals surface area contributed by atoms with Crippen molar-refractivity contribution in [2.75, 3.05) is 45.2 Å². The van der Waals surface area contributed by atoms with E-state index in [9.17, 15) is 14.4 Å². The van der Waals surface area contributed by atoms with Crippen molar-refractivity contribution in [3.05, 3.63) is 41.6 Å². The first-order valence-electron chi connectivity index (χ1n) is 12.0. The molecule has 0 aliphatic carbocycles. The van der Waals surface area contributed by atoms with Crippen molar-refractivity contribution < 1.29 is 19.1 Å². The lowest BCUT2D eigenvalue weighted by molar-refractivity contribution is -0.121. The predicted molar refractivity (Wildman–Crippen MR) is 131 cm³/mol. The van der Waals surface area contributed by atoms with E-state index in [-0.39, 0.29) is 24.1 Å². The first-order valence-corrected chi connectivity index (χ1v) is 12.0. The standard InChI is InChI=1S/C25H32N6O4/c1-17(13-22(32)27-3)24(33)31-10-7-19(15-21(31)26-2)30-11-12-35-20-14-18(16-28-23(20)30)25(34)29-8-5-4-6-9-29/h7,10,14-17H,4-6,8-9,11-13H2,1-3H3,(H,27,32). The van der Waals surface area contributed by atoms with Gasteiger partial charge in [0.1, 0.15) is 12.1 Å². The Labute approximate surface area is 204 Å². The zero-order valence-corrected chi connectivity index (χ0v) is 20.5. The number of piperidine rings is 1. The predicted octanol–water partition coefficient (Wildman–Crippen LogP) is 1.98. The maximum Gasteiger partial charge on any atom is 0.255 e. The molecule has 0 saturated carbocycles. The molecule has 10 heteroatoms. The van der Waals surface area contributed by atoms with Gasteiger partial charge in [-0.3, -0.25) is 23.9 Å². The van der Waals surface area contributed by atoms with Crippen LogP contribution in [0, 0.1) is 5.92 Å². The summed E-state index contributed by atoms with van der Waals surface area (Å²) in [6.45, 7) is 4.27. The van der Waals surface area contributed by atoms with E-state index in [4.69, 9.17) is 4.74 Å². The third-order valence-electron chi connectivity index (χ3n) is 6.44. The van der Waals surface area contributed by atoms with Crippen LogP contribution in [0.5, 0.6) is 5.75 Å². The summed E-state index contributed by atoms with van der Waals surface area (Å²) in [6.07, 6.45) is 6.60. The Morgan fingerprint density at radius 2 is 1.94 bits per heavy atom. The van der Waals surface area contributed by atoms with Gasteiger partial charge in [-0.05, 0) is 31.4 Å². The Bertz CT molecular complexity index is 1180. The van der Waals surface area contributed by atoms with Gasteiger partial charge in [0.2, 0.25) is 11.8 Å².